The molecule has 0 spiro atoms. The maximum atomic E-state index is 8.53. The number of nitrogens with zero attached hydrogens (tertiary/aromatic N) is 5. The normalized spacial score (nSPS) is 10.0. The van der Waals surface area contributed by atoms with Crippen LogP contribution in [0.25, 0.3) is 11.4 Å². The van der Waals surface area contributed by atoms with E-state index in [1.165, 1.54) is 0 Å². The molecule has 1 aromatic heterocycles. The fraction of sp³-hybridized carbons (Fsp3) is 0.333. The molecule has 1 aromatic carbocycles. The predicted molar refractivity (Wildman–Crippen MR) is 64.7 cm³/mol. The zero-order chi connectivity index (χ0) is 12.8. The molecule has 1 heterocycles. The summed E-state index contributed by atoms with van der Waals surface area (Å²) in [5.74, 6) is 1.39. The number of hydrogen-bond donors (Lipinski definition) is 0. The minimum atomic E-state index is 0.491. The molecule has 6 nitrogen and oxygen atoms in total. The second kappa shape index (κ2) is 5.77. The van der Waals surface area contributed by atoms with Gasteiger partial charge in [0.25, 0.3) is 0 Å². The molecule has 0 fully saturated rings. The number of aromatic nitrogens is 4. The van der Waals surface area contributed by atoms with Gasteiger partial charge in [-0.15, -0.1) is 5.10 Å². The van der Waals surface area contributed by atoms with Crippen molar-refractivity contribution in [1.29, 1.82) is 5.26 Å². The van der Waals surface area contributed by atoms with Crippen molar-refractivity contribution in [1.82, 2.24) is 20.2 Å². The van der Waals surface area contributed by atoms with E-state index in [0.29, 0.717) is 18.8 Å². The molecule has 0 aliphatic heterocycles. The van der Waals surface area contributed by atoms with E-state index in [9.17, 15) is 0 Å². The predicted octanol–water partition coefficient (Wildman–Crippen LogP) is 1.65. The Morgan fingerprint density at radius 2 is 2.22 bits per heavy atom. The van der Waals surface area contributed by atoms with Crippen LogP contribution in [0, 0.1) is 11.3 Å². The van der Waals surface area contributed by atoms with Gasteiger partial charge in [-0.3, -0.25) is 0 Å². The van der Waals surface area contributed by atoms with Gasteiger partial charge in [0.2, 0.25) is 0 Å². The van der Waals surface area contributed by atoms with Gasteiger partial charge in [-0.25, -0.2) is 4.68 Å². The van der Waals surface area contributed by atoms with Gasteiger partial charge in [0, 0.05) is 13.0 Å². The largest absolute Gasteiger partial charge is 0.496 e. The summed E-state index contributed by atoms with van der Waals surface area (Å²) in [5.41, 5.74) is 0.849. The molecule has 0 amide bonds. The Balaban J connectivity index is 2.28. The number of benzene rings is 1. The first-order valence-corrected chi connectivity index (χ1v) is 5.63. The highest BCUT2D eigenvalue weighted by atomic mass is 16.5. The van der Waals surface area contributed by atoms with E-state index in [2.05, 4.69) is 21.6 Å². The van der Waals surface area contributed by atoms with Crippen LogP contribution >= 0.6 is 0 Å². The van der Waals surface area contributed by atoms with Gasteiger partial charge in [-0.2, -0.15) is 5.26 Å². The SMILES string of the molecule is COc1ccccc1-c1nnnn1CCCC#N. The summed E-state index contributed by atoms with van der Waals surface area (Å²) in [6.07, 6.45) is 1.22. The van der Waals surface area contributed by atoms with Crippen LogP contribution in [-0.4, -0.2) is 27.3 Å². The van der Waals surface area contributed by atoms with Crippen LogP contribution in [0.4, 0.5) is 0 Å². The summed E-state index contributed by atoms with van der Waals surface area (Å²) in [5, 5.41) is 20.2. The van der Waals surface area contributed by atoms with Crippen LogP contribution in [0.15, 0.2) is 24.3 Å². The average Bonchev–Trinajstić information content (AvgIpc) is 2.87. The molecule has 2 rings (SSSR count). The lowest BCUT2D eigenvalue weighted by atomic mass is 10.2. The first kappa shape index (κ1) is 12.0. The summed E-state index contributed by atoms with van der Waals surface area (Å²) in [6, 6.07) is 9.68. The first-order valence-electron chi connectivity index (χ1n) is 5.63. The highest BCUT2D eigenvalue weighted by molar-refractivity contribution is 5.63. The highest BCUT2D eigenvalue weighted by Gasteiger charge is 2.12. The van der Waals surface area contributed by atoms with E-state index in [1.54, 1.807) is 11.8 Å². The van der Waals surface area contributed by atoms with Crippen LogP contribution < -0.4 is 4.74 Å². The number of ether oxygens (including phenoxy) is 1. The molecular weight excluding hydrogens is 230 g/mol. The number of aryl methyl sites for hydroxylation is 1. The lowest BCUT2D eigenvalue weighted by molar-refractivity contribution is 0.415. The van der Waals surface area contributed by atoms with Crippen molar-refractivity contribution in [3.05, 3.63) is 24.3 Å². The smallest absolute Gasteiger partial charge is 0.185 e. The summed E-state index contributed by atoms with van der Waals surface area (Å²) < 4.78 is 6.98. The van der Waals surface area contributed by atoms with E-state index in [-0.39, 0.29) is 0 Å². The summed E-state index contributed by atoms with van der Waals surface area (Å²) in [6.45, 7) is 0.619. The van der Waals surface area contributed by atoms with Crippen molar-refractivity contribution < 1.29 is 4.74 Å². The topological polar surface area (TPSA) is 76.6 Å². The van der Waals surface area contributed by atoms with E-state index in [4.69, 9.17) is 10.00 Å². The van der Waals surface area contributed by atoms with E-state index in [0.717, 1.165) is 17.7 Å². The van der Waals surface area contributed by atoms with Crippen LogP contribution in [0.2, 0.25) is 0 Å². The Morgan fingerprint density at radius 3 is 3.00 bits per heavy atom. The standard InChI is InChI=1S/C12H13N5O/c1-18-11-7-3-2-6-10(11)12-14-15-16-17(12)9-5-4-8-13/h2-3,6-7H,4-5,9H2,1H3. The van der Waals surface area contributed by atoms with Gasteiger partial charge in [-0.1, -0.05) is 12.1 Å². The third-order valence-electron chi connectivity index (χ3n) is 2.54. The molecule has 0 unspecified atom stereocenters. The maximum absolute atomic E-state index is 8.53. The molecular formula is C12H13N5O. The van der Waals surface area contributed by atoms with Gasteiger partial charge in [0.15, 0.2) is 5.82 Å². The van der Waals surface area contributed by atoms with Crippen LogP contribution in [-0.2, 0) is 6.54 Å². The quantitative estimate of drug-likeness (QED) is 0.746. The molecule has 0 radical (unpaired) electrons. The average molecular weight is 243 g/mol. The highest BCUT2D eigenvalue weighted by Crippen LogP contribution is 2.27. The van der Waals surface area contributed by atoms with Gasteiger partial charge in [-0.05, 0) is 29.0 Å². The number of methoxy groups -OCH3 is 1. The van der Waals surface area contributed by atoms with Gasteiger partial charge in [0.05, 0.1) is 18.7 Å². The lowest BCUT2D eigenvalue weighted by Gasteiger charge is -2.07. The molecule has 0 aliphatic rings. The van der Waals surface area contributed by atoms with Crippen LogP contribution in [0.3, 0.4) is 0 Å². The molecule has 0 atom stereocenters. The minimum absolute atomic E-state index is 0.491. The number of para-hydroxylation sites is 1. The monoisotopic (exact) mass is 243 g/mol. The number of rotatable bonds is 5. The van der Waals surface area contributed by atoms with E-state index < -0.39 is 0 Å². The van der Waals surface area contributed by atoms with Gasteiger partial charge >= 0.3 is 0 Å². The third-order valence-corrected chi connectivity index (χ3v) is 2.54. The van der Waals surface area contributed by atoms with Crippen LogP contribution in [0.1, 0.15) is 12.8 Å². The van der Waals surface area contributed by atoms with Crippen molar-refractivity contribution >= 4 is 0 Å². The molecule has 0 N–H and O–H groups in total. The molecule has 2 aromatic rings. The van der Waals surface area contributed by atoms with Crippen molar-refractivity contribution in [3.63, 3.8) is 0 Å². The summed E-state index contributed by atoms with van der Waals surface area (Å²) >= 11 is 0. The Labute approximate surface area is 105 Å². The fourth-order valence-corrected chi connectivity index (χ4v) is 1.69. The second-order valence-electron chi connectivity index (χ2n) is 3.69. The fourth-order valence-electron chi connectivity index (χ4n) is 1.69. The van der Waals surface area contributed by atoms with E-state index >= 15 is 0 Å². The number of nitriles is 1. The Morgan fingerprint density at radius 1 is 1.39 bits per heavy atom. The summed E-state index contributed by atoms with van der Waals surface area (Å²) in [4.78, 5) is 0. The number of hydrogen-bond acceptors (Lipinski definition) is 5. The number of unbranched alkanes of at least 4 members (excludes halogenated alkanes) is 1. The Hall–Kier alpha value is -2.42. The van der Waals surface area contributed by atoms with Crippen molar-refractivity contribution in [2.24, 2.45) is 0 Å². The number of tetrazole rings is 1. The molecule has 6 heteroatoms. The summed E-state index contributed by atoms with van der Waals surface area (Å²) in [7, 11) is 1.61. The lowest BCUT2D eigenvalue weighted by Crippen LogP contribution is -2.03. The maximum Gasteiger partial charge on any atom is 0.185 e. The Kier molecular flexibility index (Phi) is 3.86. The van der Waals surface area contributed by atoms with Gasteiger partial charge in [0.1, 0.15) is 5.75 Å². The van der Waals surface area contributed by atoms with Crippen molar-refractivity contribution in [2.75, 3.05) is 7.11 Å². The second-order valence-corrected chi connectivity index (χ2v) is 3.69. The molecule has 0 saturated heterocycles. The molecule has 0 saturated carbocycles. The third kappa shape index (κ3) is 2.46. The van der Waals surface area contributed by atoms with E-state index in [1.807, 2.05) is 24.3 Å². The molecule has 18 heavy (non-hydrogen) atoms. The van der Waals surface area contributed by atoms with Crippen LogP contribution in [0.5, 0.6) is 5.75 Å². The van der Waals surface area contributed by atoms with Crippen molar-refractivity contribution in [3.8, 4) is 23.2 Å². The zero-order valence-electron chi connectivity index (χ0n) is 10.1. The van der Waals surface area contributed by atoms with Crippen molar-refractivity contribution in [2.45, 2.75) is 19.4 Å². The Bertz CT molecular complexity index is 558. The minimum Gasteiger partial charge on any atom is -0.496 e. The van der Waals surface area contributed by atoms with Gasteiger partial charge < -0.3 is 4.74 Å². The molecule has 0 aliphatic carbocycles. The molecule has 92 valence electrons. The molecule has 0 bridgehead atoms. The first-order chi connectivity index (χ1) is 8.86. The zero-order valence-corrected chi connectivity index (χ0v) is 10.1.